The van der Waals surface area contributed by atoms with Gasteiger partial charge in [0.15, 0.2) is 11.0 Å². The van der Waals surface area contributed by atoms with E-state index >= 15 is 0 Å². The Morgan fingerprint density at radius 2 is 1.96 bits per heavy atom. The molecule has 26 heavy (non-hydrogen) atoms. The van der Waals surface area contributed by atoms with Gasteiger partial charge in [-0.2, -0.15) is 0 Å². The molecule has 0 spiro atoms. The first kappa shape index (κ1) is 18.8. The van der Waals surface area contributed by atoms with Gasteiger partial charge in [-0.3, -0.25) is 4.79 Å². The monoisotopic (exact) mass is 374 g/mol. The zero-order valence-corrected chi connectivity index (χ0v) is 16.2. The van der Waals surface area contributed by atoms with Crippen molar-refractivity contribution in [3.05, 3.63) is 24.3 Å². The molecule has 1 N–H and O–H groups in total. The summed E-state index contributed by atoms with van der Waals surface area (Å²) in [5.74, 6) is 2.66. The first-order valence-corrected chi connectivity index (χ1v) is 10.1. The molecule has 1 aliphatic carbocycles. The first-order chi connectivity index (χ1) is 12.7. The molecule has 1 saturated carbocycles. The number of hydrogen-bond acceptors (Lipinski definition) is 5. The molecule has 6 nitrogen and oxygen atoms in total. The number of nitrogens with zero attached hydrogens (tertiary/aromatic N) is 3. The summed E-state index contributed by atoms with van der Waals surface area (Å²) in [5.41, 5.74) is 0.967. The Kier molecular flexibility index (Phi) is 6.55. The predicted octanol–water partition coefficient (Wildman–Crippen LogP) is 3.28. The number of thioether (sulfide) groups is 1. The van der Waals surface area contributed by atoms with Gasteiger partial charge in [-0.15, -0.1) is 10.2 Å². The van der Waals surface area contributed by atoms with Gasteiger partial charge in [0.05, 0.1) is 12.9 Å². The molecular weight excluding hydrogens is 348 g/mol. The molecule has 0 radical (unpaired) electrons. The molecule has 0 unspecified atom stereocenters. The second-order valence-electron chi connectivity index (χ2n) is 6.69. The van der Waals surface area contributed by atoms with Crippen molar-refractivity contribution >= 4 is 17.7 Å². The van der Waals surface area contributed by atoms with Gasteiger partial charge in [0.25, 0.3) is 0 Å². The number of rotatable bonds is 7. The van der Waals surface area contributed by atoms with E-state index < -0.39 is 0 Å². The van der Waals surface area contributed by atoms with Crippen molar-refractivity contribution in [1.82, 2.24) is 20.1 Å². The number of carbonyl (C=O) groups excluding carboxylic acids is 1. The minimum Gasteiger partial charge on any atom is -0.497 e. The normalized spacial score (nSPS) is 15.0. The number of carbonyl (C=O) groups is 1. The van der Waals surface area contributed by atoms with Crippen LogP contribution in [0.1, 0.15) is 32.1 Å². The maximum Gasteiger partial charge on any atom is 0.230 e. The number of methoxy groups -OCH3 is 1. The lowest BCUT2D eigenvalue weighted by Crippen LogP contribution is -2.31. The summed E-state index contributed by atoms with van der Waals surface area (Å²) < 4.78 is 7.10. The van der Waals surface area contributed by atoms with Crippen LogP contribution in [0.5, 0.6) is 5.75 Å². The van der Waals surface area contributed by atoms with Crippen LogP contribution in [-0.4, -0.2) is 40.1 Å². The van der Waals surface area contributed by atoms with E-state index in [4.69, 9.17) is 4.74 Å². The van der Waals surface area contributed by atoms with Crippen LogP contribution in [0.2, 0.25) is 0 Å². The third-order valence-corrected chi connectivity index (χ3v) is 5.85. The second kappa shape index (κ2) is 9.07. The van der Waals surface area contributed by atoms with Gasteiger partial charge in [0.2, 0.25) is 5.91 Å². The molecule has 0 bridgehead atoms. The first-order valence-electron chi connectivity index (χ1n) is 9.10. The fraction of sp³-hybridized carbons (Fsp3) is 0.526. The molecule has 0 saturated heterocycles. The molecule has 1 fully saturated rings. The fourth-order valence-corrected chi connectivity index (χ4v) is 4.00. The van der Waals surface area contributed by atoms with E-state index in [0.29, 0.717) is 11.7 Å². The number of benzene rings is 1. The van der Waals surface area contributed by atoms with Crippen molar-refractivity contribution < 1.29 is 9.53 Å². The van der Waals surface area contributed by atoms with Crippen LogP contribution >= 0.6 is 11.8 Å². The molecule has 140 valence electrons. The smallest absolute Gasteiger partial charge is 0.230 e. The van der Waals surface area contributed by atoms with Crippen LogP contribution in [0.4, 0.5) is 0 Å². The Morgan fingerprint density at radius 3 is 2.65 bits per heavy atom. The molecule has 1 amide bonds. The van der Waals surface area contributed by atoms with Crippen molar-refractivity contribution in [1.29, 1.82) is 0 Å². The maximum absolute atomic E-state index is 12.1. The maximum atomic E-state index is 12.1. The van der Waals surface area contributed by atoms with Gasteiger partial charge in [0.1, 0.15) is 5.75 Å². The van der Waals surface area contributed by atoms with Crippen LogP contribution in [0.3, 0.4) is 0 Å². The minimum atomic E-state index is 0.0644. The zero-order chi connectivity index (χ0) is 18.4. The van der Waals surface area contributed by atoms with Crippen molar-refractivity contribution in [3.8, 4) is 17.1 Å². The standard InChI is InChI=1S/C19H26N4O2S/c1-23-18(15-8-10-16(25-2)11-9-15)21-22-19(23)26-13-17(24)20-12-14-6-4-3-5-7-14/h8-11,14H,3-7,12-13H2,1-2H3,(H,20,24). The van der Waals surface area contributed by atoms with Gasteiger partial charge < -0.3 is 14.6 Å². The fourth-order valence-electron chi connectivity index (χ4n) is 3.26. The summed E-state index contributed by atoms with van der Waals surface area (Å²) in [6, 6.07) is 7.70. The number of nitrogens with one attached hydrogen (secondary N) is 1. The molecule has 2 aromatic rings. The number of amides is 1. The van der Waals surface area contributed by atoms with Gasteiger partial charge in [-0.1, -0.05) is 31.0 Å². The highest BCUT2D eigenvalue weighted by atomic mass is 32.2. The highest BCUT2D eigenvalue weighted by Gasteiger charge is 2.16. The Hall–Kier alpha value is -2.02. The largest absolute Gasteiger partial charge is 0.497 e. The van der Waals surface area contributed by atoms with Crippen LogP contribution in [-0.2, 0) is 11.8 Å². The van der Waals surface area contributed by atoms with E-state index in [-0.39, 0.29) is 5.91 Å². The summed E-state index contributed by atoms with van der Waals surface area (Å²) >= 11 is 1.42. The summed E-state index contributed by atoms with van der Waals surface area (Å²) in [7, 11) is 3.56. The van der Waals surface area contributed by atoms with E-state index in [1.165, 1.54) is 43.9 Å². The Bertz CT molecular complexity index is 724. The van der Waals surface area contributed by atoms with E-state index in [1.807, 2.05) is 35.9 Å². The quantitative estimate of drug-likeness (QED) is 0.753. The SMILES string of the molecule is COc1ccc(-c2nnc(SCC(=O)NCC3CCCCC3)n2C)cc1. The summed E-state index contributed by atoms with van der Waals surface area (Å²) in [4.78, 5) is 12.1. The lowest BCUT2D eigenvalue weighted by atomic mass is 9.89. The molecule has 1 aliphatic rings. The van der Waals surface area contributed by atoms with E-state index in [2.05, 4.69) is 15.5 Å². The average Bonchev–Trinajstić information content (AvgIpc) is 3.06. The van der Waals surface area contributed by atoms with Crippen molar-refractivity contribution in [3.63, 3.8) is 0 Å². The highest BCUT2D eigenvalue weighted by Crippen LogP contribution is 2.25. The molecular formula is C19H26N4O2S. The van der Waals surface area contributed by atoms with Crippen LogP contribution in [0.15, 0.2) is 29.4 Å². The average molecular weight is 375 g/mol. The molecule has 1 aromatic carbocycles. The molecule has 0 aliphatic heterocycles. The topological polar surface area (TPSA) is 69.0 Å². The number of aromatic nitrogens is 3. The Balaban J connectivity index is 1.51. The summed E-state index contributed by atoms with van der Waals surface area (Å²) in [6.07, 6.45) is 6.40. The minimum absolute atomic E-state index is 0.0644. The van der Waals surface area contributed by atoms with Crippen molar-refractivity contribution in [2.75, 3.05) is 19.4 Å². The van der Waals surface area contributed by atoms with Crippen molar-refractivity contribution in [2.45, 2.75) is 37.3 Å². The van der Waals surface area contributed by atoms with Gasteiger partial charge in [-0.25, -0.2) is 0 Å². The molecule has 1 aromatic heterocycles. The van der Waals surface area contributed by atoms with E-state index in [0.717, 1.165) is 28.8 Å². The highest BCUT2D eigenvalue weighted by molar-refractivity contribution is 7.99. The number of ether oxygens (including phenoxy) is 1. The van der Waals surface area contributed by atoms with Crippen molar-refractivity contribution in [2.24, 2.45) is 13.0 Å². The van der Waals surface area contributed by atoms with Gasteiger partial charge >= 0.3 is 0 Å². The Labute approximate surface area is 158 Å². The van der Waals surface area contributed by atoms with Gasteiger partial charge in [-0.05, 0) is 43.0 Å². The number of hydrogen-bond donors (Lipinski definition) is 1. The second-order valence-corrected chi connectivity index (χ2v) is 7.63. The zero-order valence-electron chi connectivity index (χ0n) is 15.4. The van der Waals surface area contributed by atoms with Crippen LogP contribution in [0.25, 0.3) is 11.4 Å². The molecule has 0 atom stereocenters. The molecule has 3 rings (SSSR count). The van der Waals surface area contributed by atoms with Crippen LogP contribution < -0.4 is 10.1 Å². The Morgan fingerprint density at radius 1 is 1.23 bits per heavy atom. The lowest BCUT2D eigenvalue weighted by Gasteiger charge is -2.21. The van der Waals surface area contributed by atoms with Crippen LogP contribution in [0, 0.1) is 5.92 Å². The predicted molar refractivity (Wildman–Crippen MR) is 103 cm³/mol. The third kappa shape index (κ3) is 4.78. The molecule has 1 heterocycles. The van der Waals surface area contributed by atoms with E-state index in [9.17, 15) is 4.79 Å². The lowest BCUT2D eigenvalue weighted by molar-refractivity contribution is -0.118. The molecule has 7 heteroatoms. The summed E-state index contributed by atoms with van der Waals surface area (Å²) in [5, 5.41) is 12.3. The third-order valence-electron chi connectivity index (χ3n) is 4.83. The van der Waals surface area contributed by atoms with E-state index in [1.54, 1.807) is 7.11 Å². The summed E-state index contributed by atoms with van der Waals surface area (Å²) in [6.45, 7) is 0.801. The van der Waals surface area contributed by atoms with Gasteiger partial charge in [0, 0.05) is 19.2 Å².